The zero-order valence-electron chi connectivity index (χ0n) is 10.9. The first-order valence-electron chi connectivity index (χ1n) is 6.25. The van der Waals surface area contributed by atoms with Crippen LogP contribution in [0, 0.1) is 0 Å². The highest BCUT2D eigenvalue weighted by Gasteiger charge is 2.19. The molecule has 0 radical (unpaired) electrons. The number of amides is 1. The zero-order valence-corrected chi connectivity index (χ0v) is 10.9. The largest absolute Gasteiger partial charge is 0.480 e. The number of pyridine rings is 1. The minimum absolute atomic E-state index is 0.0518. The van der Waals surface area contributed by atoms with Gasteiger partial charge in [-0.05, 0) is 18.6 Å². The third-order valence-corrected chi connectivity index (χ3v) is 2.67. The molecule has 1 amide bonds. The molecule has 104 valence electrons. The second kappa shape index (κ2) is 7.35. The third kappa shape index (κ3) is 5.37. The topological polar surface area (TPSA) is 105 Å². The molecule has 1 rings (SSSR count). The molecule has 0 aliphatic carbocycles. The number of aliphatic carboxylic acids is 1. The molecule has 1 unspecified atom stereocenters. The zero-order chi connectivity index (χ0) is 14.3. The van der Waals surface area contributed by atoms with Crippen molar-refractivity contribution in [2.24, 2.45) is 0 Å². The van der Waals surface area contributed by atoms with Gasteiger partial charge in [0, 0.05) is 5.69 Å². The van der Waals surface area contributed by atoms with Crippen LogP contribution in [0.15, 0.2) is 18.3 Å². The molecule has 6 heteroatoms. The maximum atomic E-state index is 11.7. The van der Waals surface area contributed by atoms with Gasteiger partial charge in [0.2, 0.25) is 5.91 Å². The predicted octanol–water partition coefficient (Wildman–Crippen LogP) is 0.966. The molecule has 0 fully saturated rings. The lowest BCUT2D eigenvalue weighted by atomic mass is 10.1. The highest BCUT2D eigenvalue weighted by molar-refractivity contribution is 5.84. The van der Waals surface area contributed by atoms with Crippen molar-refractivity contribution in [1.82, 2.24) is 10.3 Å². The van der Waals surface area contributed by atoms with Gasteiger partial charge < -0.3 is 16.2 Å². The fourth-order valence-corrected chi connectivity index (χ4v) is 1.62. The number of unbranched alkanes of at least 4 members (excludes halogenated alkanes) is 1. The van der Waals surface area contributed by atoms with Crippen molar-refractivity contribution in [3.63, 3.8) is 0 Å². The Bertz CT molecular complexity index is 431. The van der Waals surface area contributed by atoms with E-state index in [-0.39, 0.29) is 12.3 Å². The molecule has 4 N–H and O–H groups in total. The molecule has 0 aromatic carbocycles. The van der Waals surface area contributed by atoms with Crippen LogP contribution in [0.4, 0.5) is 5.69 Å². The van der Waals surface area contributed by atoms with Crippen molar-refractivity contribution in [3.05, 3.63) is 24.0 Å². The summed E-state index contributed by atoms with van der Waals surface area (Å²) in [7, 11) is 0. The maximum absolute atomic E-state index is 11.7. The lowest BCUT2D eigenvalue weighted by Gasteiger charge is -2.13. The normalized spacial score (nSPS) is 11.8. The van der Waals surface area contributed by atoms with Crippen LogP contribution in [0.3, 0.4) is 0 Å². The summed E-state index contributed by atoms with van der Waals surface area (Å²) in [6.07, 6.45) is 3.60. The number of nitrogens with zero attached hydrogens (tertiary/aromatic N) is 1. The number of nitrogen functional groups attached to an aromatic ring is 1. The third-order valence-electron chi connectivity index (χ3n) is 2.67. The Hall–Kier alpha value is -2.11. The van der Waals surface area contributed by atoms with E-state index >= 15 is 0 Å². The van der Waals surface area contributed by atoms with Crippen molar-refractivity contribution in [1.29, 1.82) is 0 Å². The second-order valence-electron chi connectivity index (χ2n) is 4.36. The van der Waals surface area contributed by atoms with Crippen LogP contribution >= 0.6 is 0 Å². The summed E-state index contributed by atoms with van der Waals surface area (Å²) in [5.74, 6) is -1.35. The summed E-state index contributed by atoms with van der Waals surface area (Å²) in [6, 6.07) is 2.47. The molecule has 0 spiro atoms. The first kappa shape index (κ1) is 14.9. The average Bonchev–Trinajstić information content (AvgIpc) is 2.37. The Labute approximate surface area is 112 Å². The molecule has 0 aliphatic rings. The van der Waals surface area contributed by atoms with Crippen LogP contribution in [-0.2, 0) is 16.0 Å². The quantitative estimate of drug-likeness (QED) is 0.681. The van der Waals surface area contributed by atoms with Crippen molar-refractivity contribution in [2.45, 2.75) is 38.6 Å². The molecule has 1 aromatic heterocycles. The Kier molecular flexibility index (Phi) is 5.78. The van der Waals surface area contributed by atoms with Gasteiger partial charge in [-0.3, -0.25) is 9.78 Å². The highest BCUT2D eigenvalue weighted by atomic mass is 16.4. The SMILES string of the molecule is CCCCC(NC(=O)Cc1ccc(N)cn1)C(=O)O. The molecular weight excluding hydrogens is 246 g/mol. The molecule has 0 saturated carbocycles. The van der Waals surface area contributed by atoms with Gasteiger partial charge in [0.05, 0.1) is 18.3 Å². The number of carboxylic acid groups (broad SMARTS) is 1. The summed E-state index contributed by atoms with van der Waals surface area (Å²) in [4.78, 5) is 26.7. The van der Waals surface area contributed by atoms with Crippen molar-refractivity contribution in [2.75, 3.05) is 5.73 Å². The molecule has 19 heavy (non-hydrogen) atoms. The minimum Gasteiger partial charge on any atom is -0.480 e. The number of rotatable bonds is 7. The summed E-state index contributed by atoms with van der Waals surface area (Å²) in [5, 5.41) is 11.5. The monoisotopic (exact) mass is 265 g/mol. The van der Waals surface area contributed by atoms with Crippen molar-refractivity contribution < 1.29 is 14.7 Å². The Morgan fingerprint density at radius 1 is 1.47 bits per heavy atom. The van der Waals surface area contributed by atoms with Gasteiger partial charge in [-0.1, -0.05) is 19.8 Å². The van der Waals surface area contributed by atoms with Gasteiger partial charge in [-0.15, -0.1) is 0 Å². The van der Waals surface area contributed by atoms with Crippen LogP contribution < -0.4 is 11.1 Å². The predicted molar refractivity (Wildman–Crippen MR) is 71.4 cm³/mol. The maximum Gasteiger partial charge on any atom is 0.326 e. The summed E-state index contributed by atoms with van der Waals surface area (Å²) >= 11 is 0. The lowest BCUT2D eigenvalue weighted by molar-refractivity contribution is -0.142. The van der Waals surface area contributed by atoms with Gasteiger partial charge >= 0.3 is 5.97 Å². The average molecular weight is 265 g/mol. The van der Waals surface area contributed by atoms with Gasteiger partial charge in [0.25, 0.3) is 0 Å². The van der Waals surface area contributed by atoms with Gasteiger partial charge in [-0.25, -0.2) is 4.79 Å². The van der Waals surface area contributed by atoms with Gasteiger partial charge in [0.15, 0.2) is 0 Å². The van der Waals surface area contributed by atoms with E-state index in [4.69, 9.17) is 10.8 Å². The summed E-state index contributed by atoms with van der Waals surface area (Å²) in [6.45, 7) is 1.97. The number of carboxylic acids is 1. The highest BCUT2D eigenvalue weighted by Crippen LogP contribution is 2.04. The first-order valence-corrected chi connectivity index (χ1v) is 6.25. The van der Waals surface area contributed by atoms with Crippen LogP contribution in [0.5, 0.6) is 0 Å². The number of anilines is 1. The molecular formula is C13H19N3O3. The minimum atomic E-state index is -1.01. The van der Waals surface area contributed by atoms with E-state index < -0.39 is 12.0 Å². The Morgan fingerprint density at radius 2 is 2.21 bits per heavy atom. The molecule has 1 heterocycles. The second-order valence-corrected chi connectivity index (χ2v) is 4.36. The van der Waals surface area contributed by atoms with E-state index in [1.807, 2.05) is 6.92 Å². The standard InChI is InChI=1S/C13H19N3O3/c1-2-3-4-11(13(18)19)16-12(17)7-10-6-5-9(14)8-15-10/h5-6,8,11H,2-4,7,14H2,1H3,(H,16,17)(H,18,19). The first-order chi connectivity index (χ1) is 9.02. The van der Waals surface area contributed by atoms with Gasteiger partial charge in [-0.2, -0.15) is 0 Å². The van der Waals surface area contributed by atoms with Crippen LogP contribution in [0.25, 0.3) is 0 Å². The van der Waals surface area contributed by atoms with E-state index in [1.54, 1.807) is 12.1 Å². The number of hydrogen-bond donors (Lipinski definition) is 3. The molecule has 0 bridgehead atoms. The number of carbonyl (C=O) groups excluding carboxylic acids is 1. The lowest BCUT2D eigenvalue weighted by Crippen LogP contribution is -2.41. The van der Waals surface area contributed by atoms with Crippen LogP contribution in [-0.4, -0.2) is 28.0 Å². The van der Waals surface area contributed by atoms with E-state index in [9.17, 15) is 9.59 Å². The van der Waals surface area contributed by atoms with E-state index in [2.05, 4.69) is 10.3 Å². The molecule has 0 aliphatic heterocycles. The molecule has 1 atom stereocenters. The van der Waals surface area contributed by atoms with Crippen LogP contribution in [0.1, 0.15) is 31.9 Å². The van der Waals surface area contributed by atoms with Gasteiger partial charge in [0.1, 0.15) is 6.04 Å². The number of aromatic nitrogens is 1. The van der Waals surface area contributed by atoms with E-state index in [0.29, 0.717) is 17.8 Å². The van der Waals surface area contributed by atoms with E-state index in [1.165, 1.54) is 6.20 Å². The Balaban J connectivity index is 2.52. The van der Waals surface area contributed by atoms with Crippen LogP contribution in [0.2, 0.25) is 0 Å². The van der Waals surface area contributed by atoms with Crippen molar-refractivity contribution >= 4 is 17.6 Å². The summed E-state index contributed by atoms with van der Waals surface area (Å²) < 4.78 is 0. The van der Waals surface area contributed by atoms with E-state index in [0.717, 1.165) is 12.8 Å². The number of hydrogen-bond acceptors (Lipinski definition) is 4. The molecule has 6 nitrogen and oxygen atoms in total. The fourth-order valence-electron chi connectivity index (χ4n) is 1.62. The van der Waals surface area contributed by atoms with Crippen molar-refractivity contribution in [3.8, 4) is 0 Å². The number of nitrogens with one attached hydrogen (secondary N) is 1. The molecule has 1 aromatic rings. The summed E-state index contributed by atoms with van der Waals surface area (Å²) in [5.41, 5.74) is 6.58. The fraction of sp³-hybridized carbons (Fsp3) is 0.462. The Morgan fingerprint density at radius 3 is 2.74 bits per heavy atom. The number of nitrogens with two attached hydrogens (primary N) is 1. The smallest absolute Gasteiger partial charge is 0.326 e. The number of carbonyl (C=O) groups is 2. The molecule has 0 saturated heterocycles.